The molecule has 0 bridgehead atoms. The van der Waals surface area contributed by atoms with E-state index in [1.54, 1.807) is 0 Å². The van der Waals surface area contributed by atoms with Crippen LogP contribution in [0.1, 0.15) is 36.8 Å². The fraction of sp³-hybridized carbons (Fsp3) is 0.562. The molecule has 0 saturated carbocycles. The van der Waals surface area contributed by atoms with Crippen molar-refractivity contribution in [2.45, 2.75) is 39.5 Å². The van der Waals surface area contributed by atoms with Gasteiger partial charge in [-0.05, 0) is 62.0 Å². The highest BCUT2D eigenvalue weighted by Crippen LogP contribution is 2.13. The van der Waals surface area contributed by atoms with E-state index in [0.29, 0.717) is 5.96 Å². The van der Waals surface area contributed by atoms with E-state index >= 15 is 0 Å². The van der Waals surface area contributed by atoms with Gasteiger partial charge in [0.2, 0.25) is 0 Å². The minimum absolute atomic E-state index is 0. The molecule has 0 aliphatic rings. The molecule has 0 saturated heterocycles. The maximum Gasteiger partial charge on any atom is 0.193 e. The van der Waals surface area contributed by atoms with Crippen LogP contribution in [-0.4, -0.2) is 24.5 Å². The number of thioether (sulfide) groups is 1. The van der Waals surface area contributed by atoms with E-state index in [1.807, 2.05) is 11.8 Å². The number of nitrogens with two attached hydrogens (primary N) is 1. The predicted molar refractivity (Wildman–Crippen MR) is 108 cm³/mol. The van der Waals surface area contributed by atoms with Crippen LogP contribution >= 0.6 is 35.7 Å². The maximum absolute atomic E-state index is 5.90. The summed E-state index contributed by atoms with van der Waals surface area (Å²) in [6, 6.07) is 6.31. The summed E-state index contributed by atoms with van der Waals surface area (Å²) in [5.74, 6) is 1.78. The van der Waals surface area contributed by atoms with E-state index < -0.39 is 0 Å². The topological polar surface area (TPSA) is 50.4 Å². The van der Waals surface area contributed by atoms with E-state index in [0.717, 1.165) is 18.7 Å². The van der Waals surface area contributed by atoms with Crippen molar-refractivity contribution in [2.24, 2.45) is 10.7 Å². The van der Waals surface area contributed by atoms with Gasteiger partial charge < -0.3 is 11.1 Å². The summed E-state index contributed by atoms with van der Waals surface area (Å²) in [5.41, 5.74) is 9.38. The number of halogens is 1. The molecule has 0 atom stereocenters. The molecule has 0 aliphatic carbocycles. The van der Waals surface area contributed by atoms with Crippen molar-refractivity contribution in [3.8, 4) is 0 Å². The average Bonchev–Trinajstić information content (AvgIpc) is 2.36. The van der Waals surface area contributed by atoms with Gasteiger partial charge in [-0.3, -0.25) is 4.99 Å². The summed E-state index contributed by atoms with van der Waals surface area (Å²) < 4.78 is 0. The van der Waals surface area contributed by atoms with Crippen LogP contribution in [0.15, 0.2) is 23.2 Å². The van der Waals surface area contributed by atoms with Gasteiger partial charge in [0.25, 0.3) is 0 Å². The number of aryl methyl sites for hydroxylation is 2. The minimum Gasteiger partial charge on any atom is -0.370 e. The first kappa shape index (κ1) is 20.6. The second kappa shape index (κ2) is 12.1. The van der Waals surface area contributed by atoms with E-state index in [9.17, 15) is 0 Å². The van der Waals surface area contributed by atoms with Gasteiger partial charge in [0, 0.05) is 12.2 Å². The first-order valence-electron chi connectivity index (χ1n) is 7.26. The molecule has 1 aromatic rings. The Morgan fingerprint density at radius 2 is 1.71 bits per heavy atom. The number of rotatable bonds is 8. The lowest BCUT2D eigenvalue weighted by Gasteiger charge is -2.08. The maximum atomic E-state index is 5.90. The molecule has 0 amide bonds. The highest BCUT2D eigenvalue weighted by Gasteiger charge is 1.97. The van der Waals surface area contributed by atoms with Crippen LogP contribution in [0.3, 0.4) is 0 Å². The zero-order valence-electron chi connectivity index (χ0n) is 13.3. The summed E-state index contributed by atoms with van der Waals surface area (Å²) in [6.07, 6.45) is 7.11. The second-order valence-electron chi connectivity index (χ2n) is 5.18. The first-order chi connectivity index (χ1) is 9.61. The van der Waals surface area contributed by atoms with Gasteiger partial charge in [-0.25, -0.2) is 0 Å². The normalized spacial score (nSPS) is 11.1. The molecular formula is C16H28IN3S. The lowest BCUT2D eigenvalue weighted by atomic mass is 10.1. The van der Waals surface area contributed by atoms with Gasteiger partial charge in [-0.1, -0.05) is 18.9 Å². The number of nitrogens with zero attached hydrogens (tertiary/aromatic N) is 1. The average molecular weight is 421 g/mol. The number of unbranched alkanes of at least 4 members (excludes halogenated alkanes) is 3. The summed E-state index contributed by atoms with van der Waals surface area (Å²) in [5, 5.41) is 3.16. The summed E-state index contributed by atoms with van der Waals surface area (Å²) >= 11 is 1.92. The first-order valence-corrected chi connectivity index (χ1v) is 8.65. The number of aliphatic imine (C=N–C) groups is 1. The molecular weight excluding hydrogens is 393 g/mol. The Bertz CT molecular complexity index is 415. The quantitative estimate of drug-likeness (QED) is 0.280. The third-order valence-electron chi connectivity index (χ3n) is 3.03. The van der Waals surface area contributed by atoms with Crippen molar-refractivity contribution in [3.05, 3.63) is 29.3 Å². The number of anilines is 1. The molecule has 0 fully saturated rings. The molecule has 0 spiro atoms. The zero-order valence-corrected chi connectivity index (χ0v) is 16.5. The number of guanidine groups is 1. The van der Waals surface area contributed by atoms with Crippen LogP contribution in [0.2, 0.25) is 0 Å². The van der Waals surface area contributed by atoms with Crippen LogP contribution in [0.5, 0.6) is 0 Å². The fourth-order valence-electron chi connectivity index (χ4n) is 2.15. The Morgan fingerprint density at radius 3 is 2.33 bits per heavy atom. The minimum atomic E-state index is 0. The Morgan fingerprint density at radius 1 is 1.10 bits per heavy atom. The van der Waals surface area contributed by atoms with Crippen LogP contribution in [0, 0.1) is 13.8 Å². The Hall–Kier alpha value is -0.430. The van der Waals surface area contributed by atoms with Crippen LogP contribution in [-0.2, 0) is 0 Å². The molecule has 3 nitrogen and oxygen atoms in total. The van der Waals surface area contributed by atoms with Gasteiger partial charge in [0.15, 0.2) is 5.96 Å². The molecule has 1 rings (SSSR count). The Balaban J connectivity index is 0.00000400. The van der Waals surface area contributed by atoms with E-state index in [4.69, 9.17) is 5.73 Å². The SMILES string of the molecule is CSCCCCCCN=C(N)Nc1cc(C)cc(C)c1.I. The van der Waals surface area contributed by atoms with Gasteiger partial charge in [-0.2, -0.15) is 11.8 Å². The van der Waals surface area contributed by atoms with Crippen molar-refractivity contribution < 1.29 is 0 Å². The number of hydrogen-bond acceptors (Lipinski definition) is 2. The smallest absolute Gasteiger partial charge is 0.193 e. The largest absolute Gasteiger partial charge is 0.370 e. The zero-order chi connectivity index (χ0) is 14.8. The van der Waals surface area contributed by atoms with Crippen LogP contribution in [0.4, 0.5) is 5.69 Å². The van der Waals surface area contributed by atoms with Crippen molar-refractivity contribution in [1.29, 1.82) is 0 Å². The van der Waals surface area contributed by atoms with Crippen LogP contribution < -0.4 is 11.1 Å². The molecule has 5 heteroatoms. The van der Waals surface area contributed by atoms with Gasteiger partial charge in [0.05, 0.1) is 0 Å². The monoisotopic (exact) mass is 421 g/mol. The molecule has 21 heavy (non-hydrogen) atoms. The van der Waals surface area contributed by atoms with Crippen LogP contribution in [0.25, 0.3) is 0 Å². The lowest BCUT2D eigenvalue weighted by Crippen LogP contribution is -2.23. The summed E-state index contributed by atoms with van der Waals surface area (Å²) in [4.78, 5) is 4.37. The molecule has 0 unspecified atom stereocenters. The van der Waals surface area contributed by atoms with Gasteiger partial charge in [0.1, 0.15) is 0 Å². The standard InChI is InChI=1S/C16H27N3S.HI/c1-13-10-14(2)12-15(11-13)19-16(17)18-8-6-4-5-7-9-20-3;/h10-12H,4-9H2,1-3H3,(H3,17,18,19);1H. The highest BCUT2D eigenvalue weighted by atomic mass is 127. The molecule has 0 aromatic heterocycles. The number of hydrogen-bond donors (Lipinski definition) is 2. The van der Waals surface area contributed by atoms with Crippen molar-refractivity contribution >= 4 is 47.4 Å². The summed E-state index contributed by atoms with van der Waals surface area (Å²) in [6.45, 7) is 4.98. The molecule has 120 valence electrons. The lowest BCUT2D eigenvalue weighted by molar-refractivity contribution is 0.678. The Kier molecular flexibility index (Phi) is 11.9. The van der Waals surface area contributed by atoms with Crippen molar-refractivity contribution in [2.75, 3.05) is 23.9 Å². The van der Waals surface area contributed by atoms with E-state index in [1.165, 1.54) is 36.1 Å². The molecule has 0 heterocycles. The Labute approximate surface area is 150 Å². The fourth-order valence-corrected chi connectivity index (χ4v) is 2.64. The predicted octanol–water partition coefficient (Wildman–Crippen LogP) is 4.57. The highest BCUT2D eigenvalue weighted by molar-refractivity contribution is 14.0. The molecule has 0 radical (unpaired) electrons. The van der Waals surface area contributed by atoms with Gasteiger partial charge in [-0.15, -0.1) is 24.0 Å². The van der Waals surface area contributed by atoms with Gasteiger partial charge >= 0.3 is 0 Å². The van der Waals surface area contributed by atoms with Crippen molar-refractivity contribution in [3.63, 3.8) is 0 Å². The van der Waals surface area contributed by atoms with E-state index in [-0.39, 0.29) is 24.0 Å². The molecule has 3 N–H and O–H groups in total. The van der Waals surface area contributed by atoms with E-state index in [2.05, 4.69) is 48.6 Å². The number of benzene rings is 1. The number of nitrogens with one attached hydrogen (secondary N) is 1. The second-order valence-corrected chi connectivity index (χ2v) is 6.16. The molecule has 1 aromatic carbocycles. The summed E-state index contributed by atoms with van der Waals surface area (Å²) in [7, 11) is 0. The third kappa shape index (κ3) is 10.0. The van der Waals surface area contributed by atoms with Crippen molar-refractivity contribution in [1.82, 2.24) is 0 Å². The third-order valence-corrected chi connectivity index (χ3v) is 3.73. The molecule has 0 aliphatic heterocycles.